The van der Waals surface area contributed by atoms with E-state index >= 15 is 0 Å². The van der Waals surface area contributed by atoms with Crippen LogP contribution >= 0.6 is 0 Å². The third-order valence-corrected chi connectivity index (χ3v) is 4.08. The molecule has 1 aromatic rings. The summed E-state index contributed by atoms with van der Waals surface area (Å²) in [6.07, 6.45) is 4.05. The number of nitrogens with one attached hydrogen (secondary N) is 1. The minimum atomic E-state index is -0.219. The number of nitrogen functional groups attached to an aromatic ring is 1. The van der Waals surface area contributed by atoms with E-state index in [1.54, 1.807) is 7.05 Å². The van der Waals surface area contributed by atoms with E-state index in [-0.39, 0.29) is 17.9 Å². The number of hydrogen-bond donors (Lipinski definition) is 2. The van der Waals surface area contributed by atoms with Gasteiger partial charge in [-0.25, -0.2) is 0 Å². The van der Waals surface area contributed by atoms with Crippen molar-refractivity contribution in [3.8, 4) is 0 Å². The van der Waals surface area contributed by atoms with Crippen LogP contribution < -0.4 is 20.9 Å². The van der Waals surface area contributed by atoms with Crippen molar-refractivity contribution >= 4 is 23.8 Å². The number of hydrogen-bond acceptors (Lipinski definition) is 7. The molecule has 8 nitrogen and oxygen atoms in total. The standard InChI is InChI=1S/C13H21N7O/c1-15-10(21)9-5-4-8-20(9)13-17-11(14)16-12(18-13)19-6-2-3-7-19/h9H,2-8H2,1H3,(H,15,21)(H2,14,16,17,18). The molecule has 2 aliphatic rings. The molecule has 1 atom stereocenters. The van der Waals surface area contributed by atoms with Crippen LogP contribution in [0.2, 0.25) is 0 Å². The van der Waals surface area contributed by atoms with E-state index in [0.29, 0.717) is 11.9 Å². The first-order valence-corrected chi connectivity index (χ1v) is 7.44. The summed E-state index contributed by atoms with van der Waals surface area (Å²) in [7, 11) is 1.65. The summed E-state index contributed by atoms with van der Waals surface area (Å²) in [5.41, 5.74) is 5.83. The number of likely N-dealkylation sites (N-methyl/N-ethyl adjacent to an activating group) is 1. The molecule has 114 valence electrons. The Morgan fingerprint density at radius 2 is 1.86 bits per heavy atom. The summed E-state index contributed by atoms with van der Waals surface area (Å²) < 4.78 is 0. The molecule has 2 fully saturated rings. The maximum absolute atomic E-state index is 12.0. The topological polar surface area (TPSA) is 100 Å². The fourth-order valence-corrected chi connectivity index (χ4v) is 3.00. The highest BCUT2D eigenvalue weighted by Crippen LogP contribution is 2.25. The molecule has 3 heterocycles. The minimum absolute atomic E-state index is 0.00536. The van der Waals surface area contributed by atoms with Crippen LogP contribution in [-0.4, -0.2) is 53.6 Å². The molecule has 0 radical (unpaired) electrons. The molecule has 3 rings (SSSR count). The normalized spacial score (nSPS) is 21.9. The zero-order valence-electron chi connectivity index (χ0n) is 12.2. The van der Waals surface area contributed by atoms with Crippen LogP contribution in [0.5, 0.6) is 0 Å². The molecule has 1 aromatic heterocycles. The molecule has 1 amide bonds. The first-order chi connectivity index (χ1) is 10.2. The maximum atomic E-state index is 12.0. The van der Waals surface area contributed by atoms with E-state index < -0.39 is 0 Å². The van der Waals surface area contributed by atoms with Gasteiger partial charge in [0, 0.05) is 26.7 Å². The van der Waals surface area contributed by atoms with Gasteiger partial charge in [0.05, 0.1) is 0 Å². The van der Waals surface area contributed by atoms with Crippen molar-refractivity contribution < 1.29 is 4.79 Å². The number of carbonyl (C=O) groups is 1. The molecule has 21 heavy (non-hydrogen) atoms. The second kappa shape index (κ2) is 5.71. The van der Waals surface area contributed by atoms with Gasteiger partial charge < -0.3 is 20.9 Å². The highest BCUT2D eigenvalue weighted by atomic mass is 16.2. The van der Waals surface area contributed by atoms with Gasteiger partial charge in [-0.2, -0.15) is 15.0 Å². The van der Waals surface area contributed by atoms with Crippen LogP contribution in [0.4, 0.5) is 17.8 Å². The maximum Gasteiger partial charge on any atom is 0.242 e. The van der Waals surface area contributed by atoms with Gasteiger partial charge >= 0.3 is 0 Å². The molecule has 1 unspecified atom stereocenters. The van der Waals surface area contributed by atoms with Gasteiger partial charge in [-0.1, -0.05) is 0 Å². The summed E-state index contributed by atoms with van der Waals surface area (Å²) in [5.74, 6) is 1.34. The van der Waals surface area contributed by atoms with Crippen molar-refractivity contribution in [2.45, 2.75) is 31.7 Å². The third kappa shape index (κ3) is 2.70. The molecular weight excluding hydrogens is 270 g/mol. The Morgan fingerprint density at radius 3 is 2.57 bits per heavy atom. The quantitative estimate of drug-likeness (QED) is 0.793. The van der Waals surface area contributed by atoms with Crippen LogP contribution in [0, 0.1) is 0 Å². The van der Waals surface area contributed by atoms with Crippen LogP contribution in [0.15, 0.2) is 0 Å². The van der Waals surface area contributed by atoms with Gasteiger partial charge in [0.1, 0.15) is 6.04 Å². The van der Waals surface area contributed by atoms with Crippen molar-refractivity contribution in [3.05, 3.63) is 0 Å². The lowest BCUT2D eigenvalue weighted by molar-refractivity contribution is -0.121. The average Bonchev–Trinajstić information content (AvgIpc) is 3.16. The van der Waals surface area contributed by atoms with Crippen LogP contribution in [0.1, 0.15) is 25.7 Å². The number of anilines is 3. The van der Waals surface area contributed by atoms with Crippen LogP contribution in [0.25, 0.3) is 0 Å². The largest absolute Gasteiger partial charge is 0.368 e. The lowest BCUT2D eigenvalue weighted by Crippen LogP contribution is -2.43. The summed E-state index contributed by atoms with van der Waals surface area (Å²) in [6.45, 7) is 2.66. The Kier molecular flexibility index (Phi) is 3.76. The summed E-state index contributed by atoms with van der Waals surface area (Å²) in [6, 6.07) is -0.219. The van der Waals surface area contributed by atoms with Gasteiger partial charge in [-0.3, -0.25) is 4.79 Å². The second-order valence-electron chi connectivity index (χ2n) is 5.45. The first kappa shape index (κ1) is 13.8. The predicted octanol–water partition coefficient (Wildman–Crippen LogP) is -0.231. The zero-order valence-corrected chi connectivity index (χ0v) is 12.2. The van der Waals surface area contributed by atoms with Gasteiger partial charge in [0.25, 0.3) is 0 Å². The predicted molar refractivity (Wildman–Crippen MR) is 80.1 cm³/mol. The number of aromatic nitrogens is 3. The Balaban J connectivity index is 1.88. The minimum Gasteiger partial charge on any atom is -0.368 e. The number of amides is 1. The van der Waals surface area contributed by atoms with Crippen molar-refractivity contribution in [1.82, 2.24) is 20.3 Å². The van der Waals surface area contributed by atoms with Crippen LogP contribution in [0.3, 0.4) is 0 Å². The smallest absolute Gasteiger partial charge is 0.242 e. The van der Waals surface area contributed by atoms with Crippen molar-refractivity contribution in [2.75, 3.05) is 42.2 Å². The molecule has 3 N–H and O–H groups in total. The van der Waals surface area contributed by atoms with Gasteiger partial charge in [0.15, 0.2) is 0 Å². The Hall–Kier alpha value is -2.12. The molecule has 2 aliphatic heterocycles. The second-order valence-corrected chi connectivity index (χ2v) is 5.45. The fraction of sp³-hybridized carbons (Fsp3) is 0.692. The van der Waals surface area contributed by atoms with Crippen LogP contribution in [-0.2, 0) is 4.79 Å². The number of nitrogens with two attached hydrogens (primary N) is 1. The first-order valence-electron chi connectivity index (χ1n) is 7.44. The van der Waals surface area contributed by atoms with Gasteiger partial charge in [-0.05, 0) is 25.7 Å². The lowest BCUT2D eigenvalue weighted by Gasteiger charge is -2.24. The molecule has 0 spiro atoms. The SMILES string of the molecule is CNC(=O)C1CCCN1c1nc(N)nc(N2CCCC2)n1. The molecule has 8 heteroatoms. The Labute approximate surface area is 123 Å². The van der Waals surface area contributed by atoms with E-state index in [1.165, 1.54) is 0 Å². The Bertz CT molecular complexity index is 529. The lowest BCUT2D eigenvalue weighted by atomic mass is 10.2. The van der Waals surface area contributed by atoms with E-state index in [2.05, 4.69) is 25.2 Å². The van der Waals surface area contributed by atoms with E-state index in [9.17, 15) is 4.79 Å². The van der Waals surface area contributed by atoms with E-state index in [4.69, 9.17) is 5.73 Å². The van der Waals surface area contributed by atoms with Crippen molar-refractivity contribution in [1.29, 1.82) is 0 Å². The molecule has 0 aliphatic carbocycles. The molecule has 0 bridgehead atoms. The van der Waals surface area contributed by atoms with Crippen molar-refractivity contribution in [3.63, 3.8) is 0 Å². The van der Waals surface area contributed by atoms with Gasteiger partial charge in [0.2, 0.25) is 23.8 Å². The summed E-state index contributed by atoms with van der Waals surface area (Å²) >= 11 is 0. The number of rotatable bonds is 3. The van der Waals surface area contributed by atoms with Gasteiger partial charge in [-0.15, -0.1) is 0 Å². The highest BCUT2D eigenvalue weighted by Gasteiger charge is 2.32. The zero-order chi connectivity index (χ0) is 14.8. The molecular formula is C13H21N7O. The van der Waals surface area contributed by atoms with E-state index in [0.717, 1.165) is 45.3 Å². The molecule has 0 saturated carbocycles. The Morgan fingerprint density at radius 1 is 1.14 bits per heavy atom. The average molecular weight is 291 g/mol. The third-order valence-electron chi connectivity index (χ3n) is 4.08. The molecule has 2 saturated heterocycles. The summed E-state index contributed by atoms with van der Waals surface area (Å²) in [5, 5.41) is 2.70. The molecule has 0 aromatic carbocycles. The monoisotopic (exact) mass is 291 g/mol. The summed E-state index contributed by atoms with van der Waals surface area (Å²) in [4.78, 5) is 29.0. The highest BCUT2D eigenvalue weighted by molar-refractivity contribution is 5.85. The number of carbonyl (C=O) groups excluding carboxylic acids is 1. The van der Waals surface area contributed by atoms with E-state index in [1.807, 2.05) is 4.90 Å². The number of nitrogens with zero attached hydrogens (tertiary/aromatic N) is 5. The fourth-order valence-electron chi connectivity index (χ4n) is 3.00. The van der Waals surface area contributed by atoms with Crippen molar-refractivity contribution in [2.24, 2.45) is 0 Å².